The number of nitrogens with zero attached hydrogens (tertiary/aromatic N) is 2. The summed E-state index contributed by atoms with van der Waals surface area (Å²) in [7, 11) is 0. The monoisotopic (exact) mass is 286 g/mol. The van der Waals surface area contributed by atoms with Crippen molar-refractivity contribution in [2.24, 2.45) is 0 Å². The van der Waals surface area contributed by atoms with Crippen molar-refractivity contribution < 1.29 is 9.59 Å². The average molecular weight is 286 g/mol. The minimum Gasteiger partial charge on any atom is -0.336 e. The number of carbonyl (C=O) groups is 2. The summed E-state index contributed by atoms with van der Waals surface area (Å²) in [4.78, 5) is 28.2. The molecule has 0 aromatic heterocycles. The highest BCUT2D eigenvalue weighted by molar-refractivity contribution is 5.87. The quantitative estimate of drug-likeness (QED) is 0.792. The van der Waals surface area contributed by atoms with Crippen LogP contribution in [-0.4, -0.2) is 40.7 Å². The molecular weight excluding hydrogens is 264 g/mol. The first-order chi connectivity index (χ1) is 10.2. The lowest BCUT2D eigenvalue weighted by molar-refractivity contribution is -0.147. The zero-order chi connectivity index (χ0) is 14.8. The summed E-state index contributed by atoms with van der Waals surface area (Å²) in [6.07, 6.45) is 3.75. The molecule has 1 saturated heterocycles. The standard InChI is InChI=1S/C17H22N2O2/c1-13(20)19-10-5-4-8-16(19)17(21)18-11-9-14-6-2-3-7-15(14)12-18/h2-3,6-7,16H,4-5,8-12H2,1H3. The molecule has 0 spiro atoms. The molecule has 2 aliphatic rings. The molecular formula is C17H22N2O2. The summed E-state index contributed by atoms with van der Waals surface area (Å²) < 4.78 is 0. The van der Waals surface area contributed by atoms with Crippen LogP contribution in [0.5, 0.6) is 0 Å². The molecule has 0 radical (unpaired) electrons. The van der Waals surface area contributed by atoms with Crippen LogP contribution in [0.2, 0.25) is 0 Å². The molecule has 2 heterocycles. The van der Waals surface area contributed by atoms with Crippen LogP contribution in [-0.2, 0) is 22.6 Å². The topological polar surface area (TPSA) is 40.6 Å². The maximum Gasteiger partial charge on any atom is 0.245 e. The van der Waals surface area contributed by atoms with Crippen molar-refractivity contribution >= 4 is 11.8 Å². The summed E-state index contributed by atoms with van der Waals surface area (Å²) in [6.45, 7) is 3.72. The van der Waals surface area contributed by atoms with Gasteiger partial charge in [0.05, 0.1) is 0 Å². The number of amides is 2. The first kappa shape index (κ1) is 14.1. The van der Waals surface area contributed by atoms with E-state index in [4.69, 9.17) is 0 Å². The summed E-state index contributed by atoms with van der Waals surface area (Å²) in [6, 6.07) is 8.06. The van der Waals surface area contributed by atoms with Gasteiger partial charge in [0.1, 0.15) is 6.04 Å². The van der Waals surface area contributed by atoms with Crippen LogP contribution < -0.4 is 0 Å². The van der Waals surface area contributed by atoms with E-state index in [-0.39, 0.29) is 17.9 Å². The molecule has 0 saturated carbocycles. The number of rotatable bonds is 1. The zero-order valence-corrected chi connectivity index (χ0v) is 12.5. The minimum atomic E-state index is -0.249. The van der Waals surface area contributed by atoms with Gasteiger partial charge in [-0.2, -0.15) is 0 Å². The fourth-order valence-corrected chi connectivity index (χ4v) is 3.46. The van der Waals surface area contributed by atoms with Crippen molar-refractivity contribution in [3.63, 3.8) is 0 Å². The third-order valence-corrected chi connectivity index (χ3v) is 4.63. The molecule has 0 N–H and O–H groups in total. The van der Waals surface area contributed by atoms with Gasteiger partial charge in [-0.25, -0.2) is 0 Å². The highest BCUT2D eigenvalue weighted by Crippen LogP contribution is 2.23. The summed E-state index contributed by atoms with van der Waals surface area (Å²) in [5.41, 5.74) is 2.58. The van der Waals surface area contributed by atoms with E-state index < -0.39 is 0 Å². The number of benzene rings is 1. The van der Waals surface area contributed by atoms with Crippen LogP contribution in [0, 0.1) is 0 Å². The van der Waals surface area contributed by atoms with Crippen LogP contribution in [0.25, 0.3) is 0 Å². The van der Waals surface area contributed by atoms with Gasteiger partial charge in [-0.1, -0.05) is 24.3 Å². The Hall–Kier alpha value is -1.84. The van der Waals surface area contributed by atoms with Crippen LogP contribution >= 0.6 is 0 Å². The van der Waals surface area contributed by atoms with E-state index >= 15 is 0 Å². The van der Waals surface area contributed by atoms with E-state index in [1.807, 2.05) is 11.0 Å². The van der Waals surface area contributed by atoms with Gasteiger partial charge in [-0.3, -0.25) is 9.59 Å². The number of hydrogen-bond donors (Lipinski definition) is 0. The Kier molecular flexibility index (Phi) is 3.95. The number of hydrogen-bond acceptors (Lipinski definition) is 2. The normalized spacial score (nSPS) is 21.9. The predicted octanol–water partition coefficient (Wildman–Crippen LogP) is 1.97. The third-order valence-electron chi connectivity index (χ3n) is 4.63. The average Bonchev–Trinajstić information content (AvgIpc) is 2.53. The number of carbonyl (C=O) groups excluding carboxylic acids is 2. The molecule has 2 amide bonds. The van der Waals surface area contributed by atoms with Gasteiger partial charge in [0, 0.05) is 26.6 Å². The van der Waals surface area contributed by atoms with Gasteiger partial charge in [0.2, 0.25) is 11.8 Å². The minimum absolute atomic E-state index is 0.0189. The van der Waals surface area contributed by atoms with Gasteiger partial charge < -0.3 is 9.80 Å². The van der Waals surface area contributed by atoms with Gasteiger partial charge in [-0.15, -0.1) is 0 Å². The van der Waals surface area contributed by atoms with E-state index in [1.54, 1.807) is 11.8 Å². The van der Waals surface area contributed by atoms with Crippen LogP contribution in [0.3, 0.4) is 0 Å². The molecule has 1 atom stereocenters. The number of fused-ring (bicyclic) bond motifs is 1. The fraction of sp³-hybridized carbons (Fsp3) is 0.529. The summed E-state index contributed by atoms with van der Waals surface area (Å²) in [5, 5.41) is 0. The van der Waals surface area contributed by atoms with E-state index in [2.05, 4.69) is 18.2 Å². The highest BCUT2D eigenvalue weighted by Gasteiger charge is 2.34. The maximum atomic E-state index is 12.8. The smallest absolute Gasteiger partial charge is 0.245 e. The molecule has 1 fully saturated rings. The van der Waals surface area contributed by atoms with Crippen LogP contribution in [0.4, 0.5) is 0 Å². The molecule has 1 unspecified atom stereocenters. The first-order valence-electron chi connectivity index (χ1n) is 7.79. The van der Waals surface area contributed by atoms with Crippen LogP contribution in [0.1, 0.15) is 37.3 Å². The first-order valence-corrected chi connectivity index (χ1v) is 7.79. The van der Waals surface area contributed by atoms with Crippen molar-refractivity contribution in [3.8, 4) is 0 Å². The van der Waals surface area contributed by atoms with E-state index in [1.165, 1.54) is 11.1 Å². The van der Waals surface area contributed by atoms with Crippen molar-refractivity contribution in [1.29, 1.82) is 0 Å². The SMILES string of the molecule is CC(=O)N1CCCCC1C(=O)N1CCc2ccccc2C1. The molecule has 0 bridgehead atoms. The molecule has 1 aromatic rings. The van der Waals surface area contributed by atoms with E-state index in [9.17, 15) is 9.59 Å². The zero-order valence-electron chi connectivity index (χ0n) is 12.5. The lowest BCUT2D eigenvalue weighted by Gasteiger charge is -2.38. The molecule has 112 valence electrons. The van der Waals surface area contributed by atoms with E-state index in [0.717, 1.165) is 38.8 Å². The van der Waals surface area contributed by atoms with Crippen molar-refractivity contribution in [3.05, 3.63) is 35.4 Å². The Morgan fingerprint density at radius 3 is 2.62 bits per heavy atom. The second-order valence-electron chi connectivity index (χ2n) is 6.00. The van der Waals surface area contributed by atoms with E-state index in [0.29, 0.717) is 6.54 Å². The molecule has 3 rings (SSSR count). The number of likely N-dealkylation sites (tertiary alicyclic amines) is 1. The second-order valence-corrected chi connectivity index (χ2v) is 6.00. The molecule has 21 heavy (non-hydrogen) atoms. The number of piperidine rings is 1. The summed E-state index contributed by atoms with van der Waals surface area (Å²) in [5.74, 6) is 0.143. The van der Waals surface area contributed by atoms with Gasteiger partial charge in [-0.05, 0) is 36.8 Å². The lowest BCUT2D eigenvalue weighted by atomic mass is 9.96. The fourth-order valence-electron chi connectivity index (χ4n) is 3.46. The Morgan fingerprint density at radius 1 is 1.10 bits per heavy atom. The molecule has 2 aliphatic heterocycles. The van der Waals surface area contributed by atoms with Crippen molar-refractivity contribution in [2.45, 2.75) is 45.2 Å². The Morgan fingerprint density at radius 2 is 1.86 bits per heavy atom. The van der Waals surface area contributed by atoms with Crippen molar-refractivity contribution in [1.82, 2.24) is 9.80 Å². The molecule has 0 aliphatic carbocycles. The van der Waals surface area contributed by atoms with Gasteiger partial charge in [0.15, 0.2) is 0 Å². The molecule has 4 heteroatoms. The van der Waals surface area contributed by atoms with Gasteiger partial charge >= 0.3 is 0 Å². The maximum absolute atomic E-state index is 12.8. The Bertz CT molecular complexity index is 555. The predicted molar refractivity (Wildman–Crippen MR) is 80.6 cm³/mol. The molecule has 1 aromatic carbocycles. The van der Waals surface area contributed by atoms with Crippen molar-refractivity contribution in [2.75, 3.05) is 13.1 Å². The Balaban J connectivity index is 1.75. The molecule has 4 nitrogen and oxygen atoms in total. The lowest BCUT2D eigenvalue weighted by Crippen LogP contribution is -2.53. The largest absolute Gasteiger partial charge is 0.336 e. The third kappa shape index (κ3) is 2.80. The second kappa shape index (κ2) is 5.88. The Labute approximate surface area is 125 Å². The summed E-state index contributed by atoms with van der Waals surface area (Å²) >= 11 is 0. The highest BCUT2D eigenvalue weighted by atomic mass is 16.2. The van der Waals surface area contributed by atoms with Gasteiger partial charge in [0.25, 0.3) is 0 Å². The van der Waals surface area contributed by atoms with Crippen LogP contribution in [0.15, 0.2) is 24.3 Å².